The lowest BCUT2D eigenvalue weighted by molar-refractivity contribution is -0.384. The van der Waals surface area contributed by atoms with E-state index >= 15 is 0 Å². The van der Waals surface area contributed by atoms with Crippen molar-refractivity contribution in [3.63, 3.8) is 0 Å². The van der Waals surface area contributed by atoms with Gasteiger partial charge in [-0.1, -0.05) is 29.8 Å². The van der Waals surface area contributed by atoms with E-state index < -0.39 is 28.1 Å². The number of nitro benzene ring substituents is 1. The number of carbonyl (C=O) groups excluding carboxylic acids is 2. The maximum Gasteiger partial charge on any atom is 0.269 e. The second kappa shape index (κ2) is 8.06. The molecule has 0 aromatic heterocycles. The largest absolute Gasteiger partial charge is 0.324 e. The van der Waals surface area contributed by atoms with Gasteiger partial charge in [0, 0.05) is 40.9 Å². The van der Waals surface area contributed by atoms with Crippen molar-refractivity contribution in [1.82, 2.24) is 4.90 Å². The fourth-order valence-corrected chi connectivity index (χ4v) is 6.69. The molecule has 3 aliphatic rings. The van der Waals surface area contributed by atoms with Crippen molar-refractivity contribution in [2.45, 2.75) is 37.3 Å². The summed E-state index contributed by atoms with van der Waals surface area (Å²) in [6.07, 6.45) is 1.61. The van der Waals surface area contributed by atoms with E-state index in [9.17, 15) is 24.1 Å². The summed E-state index contributed by atoms with van der Waals surface area (Å²) in [6.45, 7) is 2.58. The molecule has 3 heterocycles. The quantitative estimate of drug-likeness (QED) is 0.321. The molecule has 2 fully saturated rings. The van der Waals surface area contributed by atoms with Crippen molar-refractivity contribution < 1.29 is 18.9 Å². The molecule has 3 aromatic rings. The molecule has 2 saturated heterocycles. The molecular weight excluding hydrogens is 461 g/mol. The van der Waals surface area contributed by atoms with Crippen molar-refractivity contribution in [3.05, 3.63) is 105 Å². The number of ketones is 1. The average molecular weight is 486 g/mol. The number of rotatable bonds is 4. The number of benzene rings is 3. The topological polar surface area (TPSA) is 92.5 Å². The Morgan fingerprint density at radius 3 is 2.67 bits per heavy atom. The van der Waals surface area contributed by atoms with Crippen LogP contribution in [-0.2, 0) is 10.3 Å². The molecule has 36 heavy (non-hydrogen) atoms. The second-order valence-electron chi connectivity index (χ2n) is 9.90. The molecule has 1 spiro atoms. The number of anilines is 1. The van der Waals surface area contributed by atoms with E-state index in [0.29, 0.717) is 23.4 Å². The number of fused-ring (bicyclic) bond motifs is 4. The minimum Gasteiger partial charge on any atom is -0.324 e. The van der Waals surface area contributed by atoms with Gasteiger partial charge in [0.2, 0.25) is 5.91 Å². The van der Waals surface area contributed by atoms with Gasteiger partial charge in [-0.2, -0.15) is 0 Å². The molecular formula is C28H24FN3O4. The molecule has 0 aliphatic carbocycles. The van der Waals surface area contributed by atoms with Gasteiger partial charge >= 0.3 is 0 Å². The van der Waals surface area contributed by atoms with E-state index in [1.165, 1.54) is 36.4 Å². The van der Waals surface area contributed by atoms with Crippen molar-refractivity contribution in [1.29, 1.82) is 0 Å². The lowest BCUT2D eigenvalue weighted by Gasteiger charge is -2.37. The number of hydrogen-bond acceptors (Lipinski definition) is 5. The Balaban J connectivity index is 1.62. The number of non-ortho nitro benzene ring substituents is 1. The molecule has 6 rings (SSSR count). The lowest BCUT2D eigenvalue weighted by atomic mass is 9.68. The van der Waals surface area contributed by atoms with Crippen LogP contribution >= 0.6 is 0 Å². The summed E-state index contributed by atoms with van der Waals surface area (Å²) in [5, 5.41) is 14.6. The predicted octanol–water partition coefficient (Wildman–Crippen LogP) is 4.95. The summed E-state index contributed by atoms with van der Waals surface area (Å²) in [4.78, 5) is 41.6. The van der Waals surface area contributed by atoms with Crippen molar-refractivity contribution in [2.24, 2.45) is 5.92 Å². The summed E-state index contributed by atoms with van der Waals surface area (Å²) >= 11 is 0. The standard InChI is InChI=1S/C28H24FN3O4/c1-16-7-12-22-21(14-16)28(27(34)30-22)25(26(33)17-8-10-19(29)11-9-17)24(23-6-3-13-31(23)28)18-4-2-5-20(15-18)32(35)36/h2,4-5,7-12,14-15,23-25H,3,6,13H2,1H3,(H,30,34)/t23?,24?,25?,28-/m1/s1. The molecule has 3 unspecified atom stereocenters. The SMILES string of the molecule is Cc1ccc2c(c1)[C@]1(C(=O)N2)C(C(=O)c2ccc(F)cc2)C(c2cccc([N+](=O)[O-])c2)C2CCCN21. The number of aryl methyl sites for hydroxylation is 1. The van der Waals surface area contributed by atoms with E-state index in [4.69, 9.17) is 0 Å². The molecule has 0 radical (unpaired) electrons. The van der Waals surface area contributed by atoms with Crippen LogP contribution in [0.15, 0.2) is 66.7 Å². The van der Waals surface area contributed by atoms with Crippen LogP contribution in [0.5, 0.6) is 0 Å². The zero-order valence-corrected chi connectivity index (χ0v) is 19.6. The summed E-state index contributed by atoms with van der Waals surface area (Å²) in [5.41, 5.74) is 2.05. The van der Waals surface area contributed by atoms with Crippen molar-refractivity contribution >= 4 is 23.1 Å². The molecule has 3 aromatic carbocycles. The first-order valence-electron chi connectivity index (χ1n) is 12.1. The highest BCUT2D eigenvalue weighted by molar-refractivity contribution is 6.12. The first-order valence-corrected chi connectivity index (χ1v) is 12.1. The van der Waals surface area contributed by atoms with Crippen molar-refractivity contribution in [2.75, 3.05) is 11.9 Å². The van der Waals surface area contributed by atoms with Gasteiger partial charge in [0.05, 0.1) is 10.8 Å². The van der Waals surface area contributed by atoms with Crippen LogP contribution in [0.2, 0.25) is 0 Å². The normalized spacial score (nSPS) is 26.6. The zero-order chi connectivity index (χ0) is 25.2. The number of hydrogen-bond donors (Lipinski definition) is 1. The first kappa shape index (κ1) is 22.5. The Hall–Kier alpha value is -3.91. The summed E-state index contributed by atoms with van der Waals surface area (Å²) < 4.78 is 13.7. The predicted molar refractivity (Wildman–Crippen MR) is 131 cm³/mol. The Bertz CT molecular complexity index is 1420. The van der Waals surface area contributed by atoms with Crippen LogP contribution in [0.25, 0.3) is 0 Å². The first-order chi connectivity index (χ1) is 17.3. The Kier molecular flexibility index (Phi) is 5.05. The molecule has 4 atom stereocenters. The van der Waals surface area contributed by atoms with E-state index in [-0.39, 0.29) is 23.4 Å². The fourth-order valence-electron chi connectivity index (χ4n) is 6.69. The van der Waals surface area contributed by atoms with Gasteiger partial charge in [-0.15, -0.1) is 0 Å². The van der Waals surface area contributed by atoms with Crippen LogP contribution in [-0.4, -0.2) is 34.1 Å². The minimum atomic E-state index is -1.26. The number of amides is 1. The Morgan fingerprint density at radius 1 is 1.14 bits per heavy atom. The number of nitrogens with one attached hydrogen (secondary N) is 1. The number of carbonyl (C=O) groups is 2. The smallest absolute Gasteiger partial charge is 0.269 e. The molecule has 1 amide bonds. The molecule has 0 saturated carbocycles. The molecule has 7 nitrogen and oxygen atoms in total. The van der Waals surface area contributed by atoms with E-state index in [1.54, 1.807) is 6.07 Å². The van der Waals surface area contributed by atoms with Gasteiger partial charge in [0.1, 0.15) is 11.4 Å². The highest BCUT2D eigenvalue weighted by Crippen LogP contribution is 2.61. The van der Waals surface area contributed by atoms with Crippen molar-refractivity contribution in [3.8, 4) is 0 Å². The van der Waals surface area contributed by atoms with E-state index in [2.05, 4.69) is 10.2 Å². The number of Topliss-reactive ketones (excluding diaryl/α,β-unsaturated/α-hetero) is 1. The fraction of sp³-hybridized carbons (Fsp3) is 0.286. The second-order valence-corrected chi connectivity index (χ2v) is 9.90. The third-order valence-electron chi connectivity index (χ3n) is 8.03. The monoisotopic (exact) mass is 485 g/mol. The molecule has 0 bridgehead atoms. The number of halogens is 1. The van der Waals surface area contributed by atoms with Gasteiger partial charge in [-0.25, -0.2) is 4.39 Å². The van der Waals surface area contributed by atoms with Crippen LogP contribution in [0, 0.1) is 28.8 Å². The summed E-state index contributed by atoms with van der Waals surface area (Å²) in [5.74, 6) is -2.29. The number of nitro groups is 1. The van der Waals surface area contributed by atoms with Gasteiger partial charge in [-0.05, 0) is 62.2 Å². The zero-order valence-electron chi connectivity index (χ0n) is 19.6. The molecule has 182 valence electrons. The van der Waals surface area contributed by atoms with Crippen LogP contribution in [0.3, 0.4) is 0 Å². The summed E-state index contributed by atoms with van der Waals surface area (Å²) in [6, 6.07) is 17.4. The van der Waals surface area contributed by atoms with Crippen LogP contribution in [0.1, 0.15) is 45.8 Å². The lowest BCUT2D eigenvalue weighted by Crippen LogP contribution is -2.52. The minimum absolute atomic E-state index is 0.0573. The van der Waals surface area contributed by atoms with E-state index in [1.807, 2.05) is 31.2 Å². The maximum absolute atomic E-state index is 14.3. The van der Waals surface area contributed by atoms with Crippen LogP contribution < -0.4 is 5.32 Å². The van der Waals surface area contributed by atoms with Crippen LogP contribution in [0.4, 0.5) is 15.8 Å². The Labute approximate surface area is 207 Å². The highest BCUT2D eigenvalue weighted by Gasteiger charge is 2.69. The third-order valence-corrected chi connectivity index (χ3v) is 8.03. The maximum atomic E-state index is 14.3. The van der Waals surface area contributed by atoms with Gasteiger partial charge in [0.15, 0.2) is 5.78 Å². The third kappa shape index (κ3) is 3.07. The molecule has 1 N–H and O–H groups in total. The molecule has 8 heteroatoms. The Morgan fingerprint density at radius 2 is 1.92 bits per heavy atom. The average Bonchev–Trinajstić information content (AvgIpc) is 3.52. The van der Waals surface area contributed by atoms with Gasteiger partial charge in [-0.3, -0.25) is 24.6 Å². The van der Waals surface area contributed by atoms with E-state index in [0.717, 1.165) is 24.0 Å². The van der Waals surface area contributed by atoms with Gasteiger partial charge in [0.25, 0.3) is 5.69 Å². The highest BCUT2D eigenvalue weighted by atomic mass is 19.1. The molecule has 3 aliphatic heterocycles. The summed E-state index contributed by atoms with van der Waals surface area (Å²) in [7, 11) is 0. The number of nitrogens with zero attached hydrogens (tertiary/aromatic N) is 2. The van der Waals surface area contributed by atoms with Gasteiger partial charge < -0.3 is 5.32 Å².